The molecule has 0 spiro atoms. The first kappa shape index (κ1) is 30.3. The van der Waals surface area contributed by atoms with E-state index in [4.69, 9.17) is 4.74 Å². The molecular formula is C36H31IN2O7. The third-order valence-corrected chi connectivity index (χ3v) is 11.2. The SMILES string of the molecule is COc1cc([C@H]2C3=CC[C@@H]4C(=O)N(c5ccc(C(C)=O)cc5)C(=O)[C@@H]4[C@@H]3C[C@H]3C(=O)N(c4ccccc4)C(=O)[C@@]23C)cc(I)c1O. The summed E-state index contributed by atoms with van der Waals surface area (Å²) in [6.07, 6.45) is 2.52. The second-order valence-electron chi connectivity index (χ2n) is 12.7. The standard InChI is InChI=1S/C36H31IN2O7/c1-18(40)19-9-11-22(12-10-19)38-32(42)24-14-13-23-25(29(24)34(38)44)17-26-33(43)39(21-7-5-4-6-8-21)35(45)36(26,2)30(23)20-15-27(37)31(41)28(16-20)46-3/h4-13,15-16,24-26,29-30,41H,14,17H2,1-3H3/t24-,25+,26-,29-,30-,36+/m0/s1. The molecule has 7 rings (SSSR count). The highest BCUT2D eigenvalue weighted by atomic mass is 127. The Hall–Kier alpha value is -4.32. The van der Waals surface area contributed by atoms with Crippen LogP contribution >= 0.6 is 22.6 Å². The highest BCUT2D eigenvalue weighted by Gasteiger charge is 2.67. The number of halogens is 1. The lowest BCUT2D eigenvalue weighted by Crippen LogP contribution is -2.48. The van der Waals surface area contributed by atoms with Crippen molar-refractivity contribution in [1.82, 2.24) is 0 Å². The lowest BCUT2D eigenvalue weighted by Gasteiger charge is -2.49. The van der Waals surface area contributed by atoms with Gasteiger partial charge in [0.25, 0.3) is 0 Å². The number of rotatable bonds is 5. The van der Waals surface area contributed by atoms with Gasteiger partial charge in [0.05, 0.1) is 45.2 Å². The number of fused-ring (bicyclic) bond motifs is 4. The summed E-state index contributed by atoms with van der Waals surface area (Å²) >= 11 is 2.02. The first-order valence-electron chi connectivity index (χ1n) is 15.2. The minimum atomic E-state index is -1.21. The minimum absolute atomic E-state index is 0.0265. The predicted molar refractivity (Wildman–Crippen MR) is 177 cm³/mol. The summed E-state index contributed by atoms with van der Waals surface area (Å²) in [5.41, 5.74) is 1.67. The van der Waals surface area contributed by atoms with Crippen LogP contribution in [0, 0.1) is 32.7 Å². The minimum Gasteiger partial charge on any atom is -0.504 e. The Morgan fingerprint density at radius 3 is 2.24 bits per heavy atom. The molecule has 2 heterocycles. The van der Waals surface area contributed by atoms with Gasteiger partial charge in [0.1, 0.15) is 0 Å². The summed E-state index contributed by atoms with van der Waals surface area (Å²) in [5.74, 6) is -4.46. The van der Waals surface area contributed by atoms with Crippen LogP contribution in [0.5, 0.6) is 11.5 Å². The van der Waals surface area contributed by atoms with E-state index in [0.29, 0.717) is 32.5 Å². The molecule has 46 heavy (non-hydrogen) atoms. The molecule has 2 aliphatic heterocycles. The fourth-order valence-corrected chi connectivity index (χ4v) is 8.86. The van der Waals surface area contributed by atoms with Crippen LogP contribution in [0.3, 0.4) is 0 Å². The quantitative estimate of drug-likeness (QED) is 0.156. The number of allylic oxidation sites excluding steroid dienone is 2. The second kappa shape index (κ2) is 10.9. The lowest BCUT2D eigenvalue weighted by atomic mass is 9.51. The molecule has 0 aromatic heterocycles. The van der Waals surface area contributed by atoms with Crippen molar-refractivity contribution in [2.24, 2.45) is 29.1 Å². The van der Waals surface area contributed by atoms with Gasteiger partial charge in [-0.25, -0.2) is 4.90 Å². The van der Waals surface area contributed by atoms with Gasteiger partial charge in [-0.05, 0) is 109 Å². The Morgan fingerprint density at radius 2 is 1.59 bits per heavy atom. The van der Waals surface area contributed by atoms with Crippen molar-refractivity contribution in [3.63, 3.8) is 0 Å². The third-order valence-electron chi connectivity index (χ3n) is 10.4. The lowest BCUT2D eigenvalue weighted by molar-refractivity contribution is -0.131. The number of ketones is 1. The number of Topliss-reactive ketones (excluding diaryl/α,β-unsaturated/α-hetero) is 1. The number of nitrogens with zero attached hydrogens (tertiary/aromatic N) is 2. The first-order chi connectivity index (χ1) is 22.0. The molecule has 0 unspecified atom stereocenters. The zero-order valence-corrected chi connectivity index (χ0v) is 27.6. The Morgan fingerprint density at radius 1 is 0.913 bits per heavy atom. The molecule has 4 amide bonds. The van der Waals surface area contributed by atoms with E-state index in [1.54, 1.807) is 60.7 Å². The number of carbonyl (C=O) groups is 5. The number of benzene rings is 3. The van der Waals surface area contributed by atoms with Crippen LogP contribution in [-0.4, -0.2) is 41.6 Å². The molecule has 3 aromatic carbocycles. The van der Waals surface area contributed by atoms with Gasteiger partial charge in [-0.1, -0.05) is 29.8 Å². The summed E-state index contributed by atoms with van der Waals surface area (Å²) in [6, 6.07) is 18.8. The number of methoxy groups -OCH3 is 1. The Bertz CT molecular complexity index is 1870. The van der Waals surface area contributed by atoms with Gasteiger partial charge in [0, 0.05) is 11.5 Å². The Balaban J connectivity index is 1.37. The number of hydrogen-bond donors (Lipinski definition) is 1. The van der Waals surface area contributed by atoms with Crippen molar-refractivity contribution in [1.29, 1.82) is 0 Å². The molecule has 10 heteroatoms. The molecule has 1 saturated carbocycles. The number of para-hydroxylation sites is 1. The van der Waals surface area contributed by atoms with Gasteiger partial charge >= 0.3 is 0 Å². The second-order valence-corrected chi connectivity index (χ2v) is 13.8. The number of amides is 4. The van der Waals surface area contributed by atoms with Crippen LogP contribution in [0.15, 0.2) is 78.4 Å². The zero-order chi connectivity index (χ0) is 32.7. The van der Waals surface area contributed by atoms with Gasteiger partial charge in [-0.2, -0.15) is 0 Å². The molecular weight excluding hydrogens is 699 g/mol. The molecule has 3 aromatic rings. The smallest absolute Gasteiger partial charge is 0.241 e. The normalized spacial score (nSPS) is 28.5. The van der Waals surface area contributed by atoms with Gasteiger partial charge in [0.15, 0.2) is 17.3 Å². The molecule has 0 radical (unpaired) electrons. The molecule has 0 bridgehead atoms. The number of phenols is 1. The summed E-state index contributed by atoms with van der Waals surface area (Å²) < 4.78 is 6.02. The van der Waals surface area contributed by atoms with Crippen molar-refractivity contribution >= 4 is 63.4 Å². The molecule has 1 N–H and O–H groups in total. The average molecular weight is 731 g/mol. The number of aromatic hydroxyl groups is 1. The molecule has 2 saturated heterocycles. The van der Waals surface area contributed by atoms with Crippen LogP contribution in [0.4, 0.5) is 11.4 Å². The largest absolute Gasteiger partial charge is 0.504 e. The van der Waals surface area contributed by atoms with E-state index >= 15 is 0 Å². The van der Waals surface area contributed by atoms with Gasteiger partial charge in [-0.3, -0.25) is 28.9 Å². The van der Waals surface area contributed by atoms with Crippen molar-refractivity contribution in [3.8, 4) is 11.5 Å². The fraction of sp³-hybridized carbons (Fsp3) is 0.306. The Labute approximate surface area is 279 Å². The van der Waals surface area contributed by atoms with Gasteiger partial charge in [-0.15, -0.1) is 0 Å². The average Bonchev–Trinajstić information content (AvgIpc) is 3.42. The topological polar surface area (TPSA) is 121 Å². The number of hydrogen-bond acceptors (Lipinski definition) is 7. The van der Waals surface area contributed by atoms with Crippen LogP contribution < -0.4 is 14.5 Å². The molecule has 2 aliphatic carbocycles. The molecule has 4 aliphatic rings. The maximum atomic E-state index is 14.5. The van der Waals surface area contributed by atoms with Gasteiger partial charge in [0.2, 0.25) is 23.6 Å². The third kappa shape index (κ3) is 4.21. The van der Waals surface area contributed by atoms with Gasteiger partial charge < -0.3 is 9.84 Å². The maximum absolute atomic E-state index is 14.5. The van der Waals surface area contributed by atoms with Crippen molar-refractivity contribution in [2.45, 2.75) is 32.6 Å². The van der Waals surface area contributed by atoms with E-state index in [2.05, 4.69) is 0 Å². The van der Waals surface area contributed by atoms with Crippen LogP contribution in [0.25, 0.3) is 0 Å². The van der Waals surface area contributed by atoms with Crippen molar-refractivity contribution in [3.05, 3.63) is 93.1 Å². The predicted octanol–water partition coefficient (Wildman–Crippen LogP) is 5.64. The number of phenolic OH excluding ortho intramolecular Hbond substituents is 1. The number of ether oxygens (including phenoxy) is 1. The first-order valence-corrected chi connectivity index (χ1v) is 16.3. The fourth-order valence-electron chi connectivity index (χ4n) is 8.23. The number of imide groups is 2. The zero-order valence-electron chi connectivity index (χ0n) is 25.4. The van der Waals surface area contributed by atoms with Crippen LogP contribution in [0.1, 0.15) is 48.5 Å². The number of anilines is 2. The van der Waals surface area contributed by atoms with Crippen molar-refractivity contribution in [2.75, 3.05) is 16.9 Å². The molecule has 234 valence electrons. The van der Waals surface area contributed by atoms with E-state index in [-0.39, 0.29) is 47.3 Å². The summed E-state index contributed by atoms with van der Waals surface area (Å²) in [5, 5.41) is 10.7. The van der Waals surface area contributed by atoms with E-state index in [0.717, 1.165) is 5.57 Å². The van der Waals surface area contributed by atoms with Crippen LogP contribution in [-0.2, 0) is 19.2 Å². The van der Waals surface area contributed by atoms with E-state index in [9.17, 15) is 29.1 Å². The van der Waals surface area contributed by atoms with E-state index < -0.39 is 35.0 Å². The monoisotopic (exact) mass is 730 g/mol. The summed E-state index contributed by atoms with van der Waals surface area (Å²) in [7, 11) is 1.45. The highest BCUT2D eigenvalue weighted by molar-refractivity contribution is 14.1. The maximum Gasteiger partial charge on any atom is 0.241 e. The number of carbonyl (C=O) groups excluding carboxylic acids is 5. The molecule has 9 nitrogen and oxygen atoms in total. The highest BCUT2D eigenvalue weighted by Crippen LogP contribution is 2.64. The summed E-state index contributed by atoms with van der Waals surface area (Å²) in [4.78, 5) is 71.3. The van der Waals surface area contributed by atoms with E-state index in [1.807, 2.05) is 41.7 Å². The Kier molecular flexibility index (Phi) is 7.18. The van der Waals surface area contributed by atoms with Crippen LogP contribution in [0.2, 0.25) is 0 Å². The molecule has 3 fully saturated rings. The van der Waals surface area contributed by atoms with E-state index in [1.165, 1.54) is 23.8 Å². The van der Waals surface area contributed by atoms with Crippen molar-refractivity contribution < 1.29 is 33.8 Å². The molecule has 6 atom stereocenters. The summed E-state index contributed by atoms with van der Waals surface area (Å²) in [6.45, 7) is 3.28.